The van der Waals surface area contributed by atoms with Crippen molar-refractivity contribution in [2.75, 3.05) is 10.6 Å². The maximum absolute atomic E-state index is 12.8. The monoisotopic (exact) mass is 724 g/mol. The van der Waals surface area contributed by atoms with Gasteiger partial charge in [-0.05, 0) is 98.5 Å². The number of halogens is 4. The molecule has 4 aromatic rings. The molecule has 2 atom stereocenters. The number of rotatable bonds is 11. The molecule has 48 heavy (non-hydrogen) atoms. The summed E-state index contributed by atoms with van der Waals surface area (Å²) in [5.74, 6) is -2.35. The van der Waals surface area contributed by atoms with Crippen molar-refractivity contribution in [2.45, 2.75) is 39.8 Å². The summed E-state index contributed by atoms with van der Waals surface area (Å²) >= 11 is 25.0. The van der Waals surface area contributed by atoms with Gasteiger partial charge in [0.25, 0.3) is 11.8 Å². The molecule has 246 valence electrons. The zero-order chi connectivity index (χ0) is 35.1. The van der Waals surface area contributed by atoms with Gasteiger partial charge in [0.2, 0.25) is 12.1 Å². The quantitative estimate of drug-likeness (QED) is 0.117. The van der Waals surface area contributed by atoms with Crippen molar-refractivity contribution in [1.82, 2.24) is 0 Å². The molecular weight excluding hydrogens is 698 g/mol. The second-order valence-corrected chi connectivity index (χ2v) is 12.4. The molecule has 10 nitrogen and oxygen atoms in total. The first-order valence-electron chi connectivity index (χ1n) is 14.3. The van der Waals surface area contributed by atoms with Gasteiger partial charge < -0.3 is 10.6 Å². The van der Waals surface area contributed by atoms with E-state index in [2.05, 4.69) is 31.1 Å². The number of amides is 2. The molecule has 0 radical (unpaired) electrons. The predicted octanol–water partition coefficient (Wildman–Crippen LogP) is 9.94. The number of carbonyl (C=O) groups is 4. The summed E-state index contributed by atoms with van der Waals surface area (Å²) in [6.45, 7) is 6.06. The van der Waals surface area contributed by atoms with Crippen LogP contribution in [-0.4, -0.2) is 35.5 Å². The smallest absolute Gasteiger partial charge is 0.258 e. The average molecular weight is 726 g/mol. The lowest BCUT2D eigenvalue weighted by Gasteiger charge is -2.12. The fourth-order valence-corrected chi connectivity index (χ4v) is 5.05. The molecule has 2 unspecified atom stereocenters. The van der Waals surface area contributed by atoms with E-state index in [9.17, 15) is 19.2 Å². The second-order valence-electron chi connectivity index (χ2n) is 10.7. The summed E-state index contributed by atoms with van der Waals surface area (Å²) in [5, 5.41) is 22.7. The Bertz CT molecular complexity index is 1840. The Morgan fingerprint density at radius 1 is 0.562 bits per heavy atom. The highest BCUT2D eigenvalue weighted by atomic mass is 35.5. The van der Waals surface area contributed by atoms with Crippen LogP contribution in [0.4, 0.5) is 22.7 Å². The number of aryl methyl sites for hydroxylation is 2. The van der Waals surface area contributed by atoms with Gasteiger partial charge in [0.1, 0.15) is 11.4 Å². The molecule has 0 heterocycles. The van der Waals surface area contributed by atoms with Crippen molar-refractivity contribution in [2.24, 2.45) is 20.5 Å². The van der Waals surface area contributed by atoms with Gasteiger partial charge in [0.15, 0.2) is 11.6 Å². The zero-order valence-electron chi connectivity index (χ0n) is 26.0. The van der Waals surface area contributed by atoms with E-state index in [1.165, 1.54) is 13.8 Å². The normalized spacial score (nSPS) is 12.6. The van der Waals surface area contributed by atoms with Crippen LogP contribution in [0, 0.1) is 13.8 Å². The average Bonchev–Trinajstić information content (AvgIpc) is 3.02. The molecule has 0 fully saturated rings. The van der Waals surface area contributed by atoms with Crippen LogP contribution < -0.4 is 10.6 Å². The van der Waals surface area contributed by atoms with Crippen LogP contribution in [0.5, 0.6) is 0 Å². The Balaban J connectivity index is 1.48. The number of anilines is 2. The van der Waals surface area contributed by atoms with Crippen LogP contribution in [0.25, 0.3) is 11.1 Å². The van der Waals surface area contributed by atoms with Gasteiger partial charge in [-0.3, -0.25) is 19.2 Å². The van der Waals surface area contributed by atoms with Gasteiger partial charge in [0.05, 0.1) is 10.0 Å². The molecule has 0 aliphatic heterocycles. The Hall–Kier alpha value is -4.48. The molecule has 0 saturated carbocycles. The highest BCUT2D eigenvalue weighted by Crippen LogP contribution is 2.35. The third kappa shape index (κ3) is 9.32. The predicted molar refractivity (Wildman–Crippen MR) is 190 cm³/mol. The molecule has 4 aromatic carbocycles. The van der Waals surface area contributed by atoms with Crippen LogP contribution in [-0.2, 0) is 19.2 Å². The van der Waals surface area contributed by atoms with Crippen LogP contribution in [0.2, 0.25) is 20.1 Å². The lowest BCUT2D eigenvalue weighted by atomic mass is 10.0. The molecule has 0 aromatic heterocycles. The van der Waals surface area contributed by atoms with Crippen molar-refractivity contribution in [3.05, 3.63) is 104 Å². The van der Waals surface area contributed by atoms with Crippen LogP contribution in [0.1, 0.15) is 25.0 Å². The summed E-state index contributed by atoms with van der Waals surface area (Å²) < 4.78 is 0. The van der Waals surface area contributed by atoms with Crippen molar-refractivity contribution in [3.63, 3.8) is 0 Å². The summed E-state index contributed by atoms with van der Waals surface area (Å²) in [4.78, 5) is 50.2. The van der Waals surface area contributed by atoms with Gasteiger partial charge in [-0.25, -0.2) is 0 Å². The minimum Gasteiger partial charge on any atom is -0.323 e. The van der Waals surface area contributed by atoms with Gasteiger partial charge in [-0.1, -0.05) is 70.7 Å². The van der Waals surface area contributed by atoms with E-state index in [0.717, 1.165) is 11.1 Å². The minimum atomic E-state index is -1.41. The van der Waals surface area contributed by atoms with Crippen LogP contribution in [0.15, 0.2) is 93.3 Å². The first kappa shape index (κ1) is 36.4. The lowest BCUT2D eigenvalue weighted by molar-refractivity contribution is -0.127. The molecule has 0 aliphatic carbocycles. The SMILES string of the molecule is CC(=O)C(N=Nc1ccc(-c2ccc(N=NC(C(C)=O)C(=O)Nc3cc(Cl)ccc3C)c(Cl)c2)cc1Cl)C(=O)Nc1cc(Cl)ccc1C. The Morgan fingerprint density at radius 2 is 0.938 bits per heavy atom. The third-order valence-electron chi connectivity index (χ3n) is 6.97. The first-order chi connectivity index (χ1) is 22.7. The third-order valence-corrected chi connectivity index (χ3v) is 8.05. The van der Waals surface area contributed by atoms with E-state index in [-0.39, 0.29) is 21.4 Å². The van der Waals surface area contributed by atoms with Crippen molar-refractivity contribution >= 4 is 92.5 Å². The number of azo groups is 2. The lowest BCUT2D eigenvalue weighted by Crippen LogP contribution is -2.32. The fraction of sp³-hybridized carbons (Fsp3) is 0.176. The molecule has 0 saturated heterocycles. The largest absolute Gasteiger partial charge is 0.323 e. The number of carbonyl (C=O) groups excluding carboxylic acids is 4. The Morgan fingerprint density at radius 3 is 1.27 bits per heavy atom. The number of nitrogens with one attached hydrogen (secondary N) is 2. The van der Waals surface area contributed by atoms with E-state index in [4.69, 9.17) is 46.4 Å². The van der Waals surface area contributed by atoms with Gasteiger partial charge in [-0.15, -0.1) is 0 Å². The molecule has 0 spiro atoms. The van der Waals surface area contributed by atoms with Crippen LogP contribution >= 0.6 is 46.4 Å². The fourth-order valence-electron chi connectivity index (χ4n) is 4.27. The first-order valence-corrected chi connectivity index (χ1v) is 15.8. The second kappa shape index (κ2) is 16.1. The number of nitrogens with zero attached hydrogens (tertiary/aromatic N) is 4. The van der Waals surface area contributed by atoms with Crippen LogP contribution in [0.3, 0.4) is 0 Å². The molecule has 4 rings (SSSR count). The van der Waals surface area contributed by atoms with Gasteiger partial charge in [0, 0.05) is 21.4 Å². The Kier molecular flexibility index (Phi) is 12.2. The summed E-state index contributed by atoms with van der Waals surface area (Å²) in [6, 6.07) is 17.0. The van der Waals surface area contributed by atoms with Crippen molar-refractivity contribution in [3.8, 4) is 11.1 Å². The molecule has 0 aliphatic rings. The van der Waals surface area contributed by atoms with E-state index < -0.39 is 35.5 Å². The molecule has 2 N–H and O–H groups in total. The summed E-state index contributed by atoms with van der Waals surface area (Å²) in [6.07, 6.45) is 0. The number of Topliss-reactive ketones (excluding diaryl/α,β-unsaturated/α-hetero) is 2. The zero-order valence-corrected chi connectivity index (χ0v) is 29.0. The van der Waals surface area contributed by atoms with Gasteiger partial charge in [-0.2, -0.15) is 20.5 Å². The highest BCUT2D eigenvalue weighted by Gasteiger charge is 2.25. The van der Waals surface area contributed by atoms with Crippen molar-refractivity contribution < 1.29 is 19.2 Å². The van der Waals surface area contributed by atoms with Gasteiger partial charge >= 0.3 is 0 Å². The molecule has 14 heteroatoms. The van der Waals surface area contributed by atoms with E-state index >= 15 is 0 Å². The molecule has 0 bridgehead atoms. The van der Waals surface area contributed by atoms with Crippen molar-refractivity contribution in [1.29, 1.82) is 0 Å². The van der Waals surface area contributed by atoms with E-state index in [1.54, 1.807) is 86.6 Å². The number of hydrogen-bond donors (Lipinski definition) is 2. The highest BCUT2D eigenvalue weighted by molar-refractivity contribution is 6.34. The minimum absolute atomic E-state index is 0.204. The molecular formula is C34H28Cl4N6O4. The molecule has 2 amide bonds. The summed E-state index contributed by atoms with van der Waals surface area (Å²) in [5.41, 5.74) is 4.22. The standard InChI is InChI=1S/C34H28Cl4N6O4/c1-17-5-9-23(35)15-29(17)39-33(47)31(19(3)45)43-41-27-11-7-21(13-25(27)37)22-8-12-28(26(38)14-22)42-44-32(20(4)46)34(48)40-30-16-24(36)10-6-18(30)2/h5-16,31-32H,1-4H3,(H,39,47)(H,40,48). The van der Waals surface area contributed by atoms with E-state index in [1.807, 2.05) is 0 Å². The number of benzene rings is 4. The number of ketones is 2. The maximum atomic E-state index is 12.8. The van der Waals surface area contributed by atoms with E-state index in [0.29, 0.717) is 32.5 Å². The maximum Gasteiger partial charge on any atom is 0.258 e. The topological polar surface area (TPSA) is 142 Å². The Labute approximate surface area is 296 Å². The number of hydrogen-bond acceptors (Lipinski definition) is 8. The summed E-state index contributed by atoms with van der Waals surface area (Å²) in [7, 11) is 0.